The molecule has 1 aliphatic heterocycles. The zero-order chi connectivity index (χ0) is 15.6. The fourth-order valence-electron chi connectivity index (χ4n) is 3.04. The molecule has 1 aromatic heterocycles. The molecule has 0 N–H and O–H groups in total. The maximum absolute atomic E-state index is 12.3. The summed E-state index contributed by atoms with van der Waals surface area (Å²) in [7, 11) is 5.31. The first-order chi connectivity index (χ1) is 9.93. The predicted octanol–water partition coefficient (Wildman–Crippen LogP) is 1.07. The molecule has 0 spiro atoms. The molecule has 1 fully saturated rings. The molecule has 1 saturated heterocycles. The van der Waals surface area contributed by atoms with Gasteiger partial charge >= 0.3 is 0 Å². The monoisotopic (exact) mass is 295 g/mol. The summed E-state index contributed by atoms with van der Waals surface area (Å²) < 4.78 is 10.5. The average molecular weight is 295 g/mol. The average Bonchev–Trinajstić information content (AvgIpc) is 2.97. The van der Waals surface area contributed by atoms with Gasteiger partial charge < -0.3 is 14.2 Å². The van der Waals surface area contributed by atoms with Crippen LogP contribution < -0.4 is 0 Å². The first-order valence-electron chi connectivity index (χ1n) is 7.28. The van der Waals surface area contributed by atoms with Crippen LogP contribution in [-0.2, 0) is 16.1 Å². The van der Waals surface area contributed by atoms with E-state index >= 15 is 0 Å². The fraction of sp³-hybridized carbons (Fsp3) is 0.733. The van der Waals surface area contributed by atoms with Crippen LogP contribution in [0.5, 0.6) is 0 Å². The van der Waals surface area contributed by atoms with Crippen molar-refractivity contribution in [2.45, 2.75) is 20.4 Å². The van der Waals surface area contributed by atoms with Crippen molar-refractivity contribution in [1.82, 2.24) is 15.0 Å². The molecule has 1 aromatic rings. The number of ether oxygens (including phenoxy) is 1. The molecule has 6 heteroatoms. The van der Waals surface area contributed by atoms with Gasteiger partial charge in [-0.3, -0.25) is 9.69 Å². The first-order valence-corrected chi connectivity index (χ1v) is 7.28. The van der Waals surface area contributed by atoms with E-state index in [0.29, 0.717) is 6.61 Å². The Morgan fingerprint density at radius 2 is 2.14 bits per heavy atom. The van der Waals surface area contributed by atoms with E-state index in [2.05, 4.69) is 10.1 Å². The molecule has 21 heavy (non-hydrogen) atoms. The van der Waals surface area contributed by atoms with E-state index in [1.165, 1.54) is 0 Å². The predicted molar refractivity (Wildman–Crippen MR) is 78.8 cm³/mol. The first kappa shape index (κ1) is 16.0. The number of carbonyl (C=O) groups is 1. The molecule has 1 amide bonds. The summed E-state index contributed by atoms with van der Waals surface area (Å²) in [6.07, 6.45) is 0. The minimum Gasteiger partial charge on any atom is -0.384 e. The molecule has 0 radical (unpaired) electrons. The van der Waals surface area contributed by atoms with Crippen LogP contribution in [0, 0.1) is 25.7 Å². The van der Waals surface area contributed by atoms with Gasteiger partial charge in [-0.15, -0.1) is 0 Å². The number of nitrogens with zero attached hydrogens (tertiary/aromatic N) is 3. The number of amides is 1. The van der Waals surface area contributed by atoms with Gasteiger partial charge in [-0.1, -0.05) is 5.16 Å². The third-order valence-electron chi connectivity index (χ3n) is 4.22. The van der Waals surface area contributed by atoms with Gasteiger partial charge in [-0.25, -0.2) is 0 Å². The van der Waals surface area contributed by atoms with Crippen molar-refractivity contribution in [2.75, 3.05) is 40.9 Å². The molecule has 118 valence electrons. The maximum Gasteiger partial charge on any atom is 0.226 e. The normalized spacial score (nSPS) is 22.7. The molecule has 6 nitrogen and oxygen atoms in total. The molecule has 2 heterocycles. The van der Waals surface area contributed by atoms with Crippen LogP contribution in [0.25, 0.3) is 0 Å². The molecule has 0 unspecified atom stereocenters. The Morgan fingerprint density at radius 3 is 2.67 bits per heavy atom. The van der Waals surface area contributed by atoms with E-state index in [9.17, 15) is 4.79 Å². The van der Waals surface area contributed by atoms with Gasteiger partial charge in [0.05, 0.1) is 18.2 Å². The Hall–Kier alpha value is -1.40. The van der Waals surface area contributed by atoms with Crippen molar-refractivity contribution in [2.24, 2.45) is 11.8 Å². The van der Waals surface area contributed by atoms with Crippen molar-refractivity contribution >= 4 is 5.91 Å². The summed E-state index contributed by atoms with van der Waals surface area (Å²) in [6, 6.07) is 0. The van der Waals surface area contributed by atoms with Gasteiger partial charge in [0.15, 0.2) is 0 Å². The van der Waals surface area contributed by atoms with Crippen LogP contribution in [0.3, 0.4) is 0 Å². The number of carbonyl (C=O) groups excluding carboxylic acids is 1. The Labute approximate surface area is 126 Å². The van der Waals surface area contributed by atoms with E-state index in [4.69, 9.17) is 9.26 Å². The van der Waals surface area contributed by atoms with Crippen LogP contribution >= 0.6 is 0 Å². The second-order valence-corrected chi connectivity index (χ2v) is 6.05. The lowest BCUT2D eigenvalue weighted by molar-refractivity contribution is -0.134. The van der Waals surface area contributed by atoms with E-state index in [1.54, 1.807) is 12.0 Å². The fourth-order valence-corrected chi connectivity index (χ4v) is 3.04. The third-order valence-corrected chi connectivity index (χ3v) is 4.22. The molecule has 0 aliphatic carbocycles. The largest absolute Gasteiger partial charge is 0.384 e. The summed E-state index contributed by atoms with van der Waals surface area (Å²) >= 11 is 0. The third kappa shape index (κ3) is 3.44. The van der Waals surface area contributed by atoms with Crippen LogP contribution in [0.15, 0.2) is 4.52 Å². The number of hydrogen-bond acceptors (Lipinski definition) is 5. The molecule has 0 aromatic carbocycles. The summed E-state index contributed by atoms with van der Waals surface area (Å²) in [5.41, 5.74) is 2.06. The SMILES string of the molecule is COC[C@@H]1CN(Cc2c(C)noc2C)C[C@H]1C(=O)N(C)C. The Balaban J connectivity index is 2.08. The smallest absolute Gasteiger partial charge is 0.226 e. The van der Waals surface area contributed by atoms with Gasteiger partial charge in [0.1, 0.15) is 5.76 Å². The molecule has 0 saturated carbocycles. The molecular formula is C15H25N3O3. The summed E-state index contributed by atoms with van der Waals surface area (Å²) in [6.45, 7) is 6.90. The number of aromatic nitrogens is 1. The number of rotatable bonds is 5. The van der Waals surface area contributed by atoms with Crippen molar-refractivity contribution in [1.29, 1.82) is 0 Å². The topological polar surface area (TPSA) is 58.8 Å². The highest BCUT2D eigenvalue weighted by Crippen LogP contribution is 2.27. The lowest BCUT2D eigenvalue weighted by Crippen LogP contribution is -2.35. The standard InChI is InChI=1S/C15H25N3O3/c1-10-13(11(2)21-16-10)7-18-6-12(9-20-5)14(8-18)15(19)17(3)4/h12,14H,6-9H2,1-5H3/t12-,14+/m0/s1. The molecule has 1 aliphatic rings. The van der Waals surface area contributed by atoms with Gasteiger partial charge in [-0.2, -0.15) is 0 Å². The van der Waals surface area contributed by atoms with Crippen LogP contribution in [-0.4, -0.2) is 61.8 Å². The molecule has 0 bridgehead atoms. The quantitative estimate of drug-likeness (QED) is 0.813. The van der Waals surface area contributed by atoms with E-state index in [1.807, 2.05) is 27.9 Å². The van der Waals surface area contributed by atoms with Crippen LogP contribution in [0.1, 0.15) is 17.0 Å². The highest BCUT2D eigenvalue weighted by atomic mass is 16.5. The minimum atomic E-state index is 0.000391. The Bertz CT molecular complexity index is 479. The van der Waals surface area contributed by atoms with Gasteiger partial charge in [0.25, 0.3) is 0 Å². The number of hydrogen-bond donors (Lipinski definition) is 0. The second kappa shape index (κ2) is 6.58. The molecular weight excluding hydrogens is 270 g/mol. The lowest BCUT2D eigenvalue weighted by atomic mass is 9.96. The summed E-state index contributed by atoms with van der Waals surface area (Å²) in [5.74, 6) is 1.28. The number of methoxy groups -OCH3 is 1. The molecule has 2 atom stereocenters. The molecule has 2 rings (SSSR count). The van der Waals surface area contributed by atoms with Crippen molar-refractivity contribution in [3.05, 3.63) is 17.0 Å². The van der Waals surface area contributed by atoms with E-state index in [-0.39, 0.29) is 17.7 Å². The summed E-state index contributed by atoms with van der Waals surface area (Å²) in [5, 5.41) is 3.99. The highest BCUT2D eigenvalue weighted by Gasteiger charge is 2.38. The zero-order valence-corrected chi connectivity index (χ0v) is 13.5. The lowest BCUT2D eigenvalue weighted by Gasteiger charge is -2.20. The number of likely N-dealkylation sites (tertiary alicyclic amines) is 1. The van der Waals surface area contributed by atoms with Gasteiger partial charge in [0.2, 0.25) is 5.91 Å². The zero-order valence-electron chi connectivity index (χ0n) is 13.5. The Kier molecular flexibility index (Phi) is 5.00. The van der Waals surface area contributed by atoms with Gasteiger partial charge in [0, 0.05) is 52.3 Å². The van der Waals surface area contributed by atoms with Crippen LogP contribution in [0.4, 0.5) is 0 Å². The van der Waals surface area contributed by atoms with Crippen LogP contribution in [0.2, 0.25) is 0 Å². The van der Waals surface area contributed by atoms with E-state index < -0.39 is 0 Å². The van der Waals surface area contributed by atoms with Gasteiger partial charge in [-0.05, 0) is 13.8 Å². The van der Waals surface area contributed by atoms with E-state index in [0.717, 1.165) is 36.7 Å². The van der Waals surface area contributed by atoms with Crippen molar-refractivity contribution in [3.63, 3.8) is 0 Å². The highest BCUT2D eigenvalue weighted by molar-refractivity contribution is 5.79. The minimum absolute atomic E-state index is 0.000391. The summed E-state index contributed by atoms with van der Waals surface area (Å²) in [4.78, 5) is 16.3. The number of aryl methyl sites for hydroxylation is 2. The maximum atomic E-state index is 12.3. The Morgan fingerprint density at radius 1 is 1.43 bits per heavy atom. The van der Waals surface area contributed by atoms with Crippen molar-refractivity contribution in [3.8, 4) is 0 Å². The second-order valence-electron chi connectivity index (χ2n) is 6.05. The van der Waals surface area contributed by atoms with Crippen molar-refractivity contribution < 1.29 is 14.1 Å².